The second-order valence-electron chi connectivity index (χ2n) is 4.29. The average Bonchev–Trinajstić information content (AvgIpc) is 2.54. The van der Waals surface area contributed by atoms with Crippen molar-refractivity contribution in [1.82, 2.24) is 4.90 Å². The highest BCUT2D eigenvalue weighted by molar-refractivity contribution is 9.10. The third kappa shape index (κ3) is 2.25. The number of nitrogens with zero attached hydrogens (tertiary/aromatic N) is 2. The molecule has 0 bridgehead atoms. The molecule has 0 N–H and O–H groups in total. The van der Waals surface area contributed by atoms with Crippen LogP contribution in [0.5, 0.6) is 0 Å². The summed E-state index contributed by atoms with van der Waals surface area (Å²) in [7, 11) is 3.09. The van der Waals surface area contributed by atoms with Crippen molar-refractivity contribution in [3.63, 3.8) is 0 Å². The summed E-state index contributed by atoms with van der Waals surface area (Å²) in [6, 6.07) is 2.15. The zero-order valence-corrected chi connectivity index (χ0v) is 11.8. The predicted octanol–water partition coefficient (Wildman–Crippen LogP) is 1.21. The summed E-state index contributed by atoms with van der Waals surface area (Å²) in [5, 5.41) is 0. The number of Topliss-reactive ketones (excluding diaryl/α,β-unsaturated/α-hetero) is 1. The van der Waals surface area contributed by atoms with Crippen molar-refractivity contribution in [2.24, 2.45) is 0 Å². The first-order chi connectivity index (χ1) is 8.82. The second-order valence-corrected chi connectivity index (χ2v) is 5.15. The van der Waals surface area contributed by atoms with Gasteiger partial charge in [-0.1, -0.05) is 0 Å². The van der Waals surface area contributed by atoms with Crippen molar-refractivity contribution < 1.29 is 18.8 Å². The molecule has 100 valence electrons. The molecule has 1 aromatic carbocycles. The largest absolute Gasteiger partial charge is 0.347 e. The van der Waals surface area contributed by atoms with Crippen LogP contribution in [0.1, 0.15) is 10.4 Å². The maximum atomic E-state index is 13.3. The summed E-state index contributed by atoms with van der Waals surface area (Å²) in [5.74, 6) is -2.57. The van der Waals surface area contributed by atoms with E-state index in [-0.39, 0.29) is 28.2 Å². The normalized spacial score (nSPS) is 13.8. The number of benzene rings is 1. The molecule has 1 aliphatic rings. The highest BCUT2D eigenvalue weighted by Gasteiger charge is 2.39. The first kappa shape index (κ1) is 13.7. The molecule has 2 amide bonds. The van der Waals surface area contributed by atoms with Gasteiger partial charge in [-0.05, 0) is 28.1 Å². The molecular weight excluding hydrogens is 319 g/mol. The molecule has 5 nitrogen and oxygen atoms in total. The van der Waals surface area contributed by atoms with Crippen molar-refractivity contribution >= 4 is 39.2 Å². The Labute approximate surface area is 117 Å². The summed E-state index contributed by atoms with van der Waals surface area (Å²) in [5.41, 5.74) is 0.218. The first-order valence-corrected chi connectivity index (χ1v) is 6.17. The Kier molecular flexibility index (Phi) is 3.40. The van der Waals surface area contributed by atoms with E-state index in [4.69, 9.17) is 0 Å². The molecule has 0 radical (unpaired) electrons. The van der Waals surface area contributed by atoms with E-state index < -0.39 is 17.5 Å². The molecule has 1 heterocycles. The Morgan fingerprint density at radius 3 is 2.58 bits per heavy atom. The van der Waals surface area contributed by atoms with Crippen LogP contribution in [-0.2, 0) is 9.59 Å². The van der Waals surface area contributed by atoms with Crippen LogP contribution in [0.3, 0.4) is 0 Å². The van der Waals surface area contributed by atoms with E-state index in [2.05, 4.69) is 15.9 Å². The molecule has 1 aliphatic heterocycles. The molecule has 1 aromatic rings. The highest BCUT2D eigenvalue weighted by Crippen LogP contribution is 2.36. The molecule has 0 fully saturated rings. The van der Waals surface area contributed by atoms with Crippen molar-refractivity contribution in [2.45, 2.75) is 0 Å². The number of likely N-dealkylation sites (N-methyl/N-ethyl adjacent to an activating group) is 1. The van der Waals surface area contributed by atoms with E-state index in [0.717, 1.165) is 17.0 Å². The lowest BCUT2D eigenvalue weighted by Gasteiger charge is -2.19. The number of anilines is 1. The number of amides is 2. The lowest BCUT2D eigenvalue weighted by molar-refractivity contribution is -0.128. The summed E-state index contributed by atoms with van der Waals surface area (Å²) in [4.78, 5) is 37.6. The van der Waals surface area contributed by atoms with Gasteiger partial charge in [0.1, 0.15) is 12.4 Å². The van der Waals surface area contributed by atoms with Gasteiger partial charge in [-0.2, -0.15) is 0 Å². The number of carbonyl (C=O) groups is 3. The Hall–Kier alpha value is -1.76. The number of ketones is 1. The summed E-state index contributed by atoms with van der Waals surface area (Å²) in [6.07, 6.45) is 0. The fourth-order valence-corrected chi connectivity index (χ4v) is 2.43. The monoisotopic (exact) mass is 328 g/mol. The fourth-order valence-electron chi connectivity index (χ4n) is 1.78. The van der Waals surface area contributed by atoms with Crippen molar-refractivity contribution in [3.05, 3.63) is 28.0 Å². The minimum atomic E-state index is -0.823. The third-order valence-corrected chi connectivity index (χ3v) is 3.38. The van der Waals surface area contributed by atoms with Gasteiger partial charge in [0.25, 0.3) is 11.7 Å². The van der Waals surface area contributed by atoms with Crippen LogP contribution in [0, 0.1) is 5.82 Å². The molecule has 2 rings (SSSR count). The maximum absolute atomic E-state index is 13.3. The van der Waals surface area contributed by atoms with E-state index in [1.54, 1.807) is 14.1 Å². The molecule has 0 aromatic heterocycles. The van der Waals surface area contributed by atoms with Crippen molar-refractivity contribution in [2.75, 3.05) is 25.5 Å². The van der Waals surface area contributed by atoms with Gasteiger partial charge in [0, 0.05) is 18.6 Å². The minimum Gasteiger partial charge on any atom is -0.347 e. The first-order valence-electron chi connectivity index (χ1n) is 5.38. The smallest absolute Gasteiger partial charge is 0.299 e. The Morgan fingerprint density at radius 1 is 1.37 bits per heavy atom. The van der Waals surface area contributed by atoms with Crippen LogP contribution in [0.2, 0.25) is 0 Å². The van der Waals surface area contributed by atoms with Gasteiger partial charge in [-0.25, -0.2) is 4.39 Å². The van der Waals surface area contributed by atoms with Gasteiger partial charge in [0.2, 0.25) is 5.91 Å². The van der Waals surface area contributed by atoms with Crippen LogP contribution in [0.4, 0.5) is 10.1 Å². The lowest BCUT2D eigenvalue weighted by atomic mass is 10.1. The Balaban J connectivity index is 2.47. The maximum Gasteiger partial charge on any atom is 0.299 e. The number of carbonyl (C=O) groups excluding carboxylic acids is 3. The summed E-state index contributed by atoms with van der Waals surface area (Å²) >= 11 is 3.11. The molecule has 0 spiro atoms. The topological polar surface area (TPSA) is 57.7 Å². The van der Waals surface area contributed by atoms with E-state index in [0.29, 0.717) is 0 Å². The van der Waals surface area contributed by atoms with E-state index in [9.17, 15) is 18.8 Å². The van der Waals surface area contributed by atoms with E-state index >= 15 is 0 Å². The van der Waals surface area contributed by atoms with Gasteiger partial charge in [-0.15, -0.1) is 0 Å². The number of fused-ring (bicyclic) bond motifs is 1. The third-order valence-electron chi connectivity index (χ3n) is 2.77. The minimum absolute atomic E-state index is 0.0246. The molecule has 0 aliphatic carbocycles. The molecule has 0 saturated carbocycles. The molecule has 0 atom stereocenters. The number of hydrogen-bond donors (Lipinski definition) is 0. The Morgan fingerprint density at radius 2 is 2.00 bits per heavy atom. The second kappa shape index (κ2) is 4.73. The number of hydrogen-bond acceptors (Lipinski definition) is 3. The number of halogens is 2. The van der Waals surface area contributed by atoms with E-state index in [1.165, 1.54) is 4.90 Å². The van der Waals surface area contributed by atoms with Crippen molar-refractivity contribution in [1.29, 1.82) is 0 Å². The van der Waals surface area contributed by atoms with E-state index in [1.807, 2.05) is 0 Å². The van der Waals surface area contributed by atoms with Crippen LogP contribution in [-0.4, -0.2) is 43.1 Å². The zero-order chi connectivity index (χ0) is 14.3. The average molecular weight is 329 g/mol. The quantitative estimate of drug-likeness (QED) is 0.767. The Bertz CT molecular complexity index is 601. The highest BCUT2D eigenvalue weighted by atomic mass is 79.9. The zero-order valence-electron chi connectivity index (χ0n) is 10.2. The van der Waals surface area contributed by atoms with Gasteiger partial charge < -0.3 is 4.90 Å². The predicted molar refractivity (Wildman–Crippen MR) is 69.5 cm³/mol. The van der Waals surface area contributed by atoms with Crippen LogP contribution >= 0.6 is 15.9 Å². The fraction of sp³-hybridized carbons (Fsp3) is 0.250. The van der Waals surface area contributed by atoms with Crippen LogP contribution in [0.25, 0.3) is 0 Å². The van der Waals surface area contributed by atoms with Gasteiger partial charge in [0.15, 0.2) is 0 Å². The summed E-state index contributed by atoms with van der Waals surface area (Å²) in [6.45, 7) is -0.255. The molecule has 7 heteroatoms. The van der Waals surface area contributed by atoms with Gasteiger partial charge in [0.05, 0.1) is 11.3 Å². The SMILES string of the molecule is CN(C)C(=O)CN1C(=O)C(=O)c2cc(F)cc(Br)c21. The lowest BCUT2D eigenvalue weighted by Crippen LogP contribution is -2.39. The van der Waals surface area contributed by atoms with Crippen molar-refractivity contribution in [3.8, 4) is 0 Å². The number of rotatable bonds is 2. The molecular formula is C12H10BrFN2O3. The van der Waals surface area contributed by atoms with Crippen LogP contribution < -0.4 is 4.90 Å². The molecule has 19 heavy (non-hydrogen) atoms. The summed E-state index contributed by atoms with van der Waals surface area (Å²) < 4.78 is 13.5. The van der Waals surface area contributed by atoms with Gasteiger partial charge in [-0.3, -0.25) is 19.3 Å². The molecule has 0 unspecified atom stereocenters. The van der Waals surface area contributed by atoms with Crippen LogP contribution in [0.15, 0.2) is 16.6 Å². The van der Waals surface area contributed by atoms with Gasteiger partial charge >= 0.3 is 0 Å². The molecule has 0 saturated heterocycles. The standard InChI is InChI=1S/C12H10BrFN2O3/c1-15(2)9(17)5-16-10-7(11(18)12(16)19)3-6(14)4-8(10)13/h3-4H,5H2,1-2H3.